The van der Waals surface area contributed by atoms with Gasteiger partial charge in [0.15, 0.2) is 5.78 Å². The van der Waals surface area contributed by atoms with E-state index in [9.17, 15) is 14.7 Å². The summed E-state index contributed by atoms with van der Waals surface area (Å²) >= 11 is 0. The molecule has 24 heavy (non-hydrogen) atoms. The van der Waals surface area contributed by atoms with Crippen LogP contribution in [0.1, 0.15) is 46.1 Å². The molecule has 1 aromatic rings. The fraction of sp³-hybridized carbons (Fsp3) is 0.556. The Hall–Kier alpha value is -2.08. The zero-order valence-corrected chi connectivity index (χ0v) is 15.1. The van der Waals surface area contributed by atoms with E-state index in [1.807, 2.05) is 0 Å². The summed E-state index contributed by atoms with van der Waals surface area (Å²) in [5, 5.41) is 11.0. The van der Waals surface area contributed by atoms with Crippen molar-refractivity contribution in [2.24, 2.45) is 0 Å². The number of hydrogen-bond donors (Lipinski definition) is 1. The number of carbonyl (C=O) groups is 2. The van der Waals surface area contributed by atoms with Crippen LogP contribution in [0.4, 0.5) is 0 Å². The van der Waals surface area contributed by atoms with Gasteiger partial charge in [0.1, 0.15) is 17.1 Å². The highest BCUT2D eigenvalue weighted by atomic mass is 16.6. The molecule has 0 aromatic heterocycles. The fourth-order valence-electron chi connectivity index (χ4n) is 2.17. The zero-order valence-electron chi connectivity index (χ0n) is 15.1. The summed E-state index contributed by atoms with van der Waals surface area (Å²) in [6, 6.07) is 4.45. The van der Waals surface area contributed by atoms with E-state index < -0.39 is 23.0 Å². The molecular weight excluding hydrogens is 312 g/mol. The number of benzene rings is 1. The Morgan fingerprint density at radius 1 is 1.04 bits per heavy atom. The Balaban J connectivity index is 3.48. The van der Waals surface area contributed by atoms with Crippen molar-refractivity contribution in [3.05, 3.63) is 23.8 Å². The number of rotatable bonds is 7. The average molecular weight is 338 g/mol. The largest absolute Gasteiger partial charge is 0.497 e. The fourth-order valence-corrected chi connectivity index (χ4v) is 2.17. The van der Waals surface area contributed by atoms with Gasteiger partial charge in [-0.05, 0) is 39.3 Å². The highest BCUT2D eigenvalue weighted by Crippen LogP contribution is 2.33. The molecule has 0 aliphatic rings. The number of aliphatic hydroxyl groups is 1. The highest BCUT2D eigenvalue weighted by Gasteiger charge is 2.48. The molecule has 0 amide bonds. The van der Waals surface area contributed by atoms with E-state index in [2.05, 4.69) is 0 Å². The van der Waals surface area contributed by atoms with E-state index in [0.717, 1.165) is 0 Å². The third-order valence-corrected chi connectivity index (χ3v) is 3.34. The van der Waals surface area contributed by atoms with Crippen LogP contribution in [0.5, 0.6) is 11.5 Å². The Morgan fingerprint density at radius 2 is 1.54 bits per heavy atom. The normalized spacial score (nSPS) is 13.8. The Morgan fingerprint density at radius 3 is 1.92 bits per heavy atom. The molecule has 1 atom stereocenters. The summed E-state index contributed by atoms with van der Waals surface area (Å²) in [5.41, 5.74) is -3.20. The number of esters is 1. The lowest BCUT2D eigenvalue weighted by Crippen LogP contribution is -2.47. The van der Waals surface area contributed by atoms with E-state index >= 15 is 0 Å². The van der Waals surface area contributed by atoms with Crippen molar-refractivity contribution in [2.75, 3.05) is 14.2 Å². The lowest BCUT2D eigenvalue weighted by molar-refractivity contribution is -0.181. The van der Waals surface area contributed by atoms with Gasteiger partial charge >= 0.3 is 5.97 Å². The molecular formula is C18H26O6. The van der Waals surface area contributed by atoms with Gasteiger partial charge in [0.25, 0.3) is 0 Å². The maximum absolute atomic E-state index is 12.6. The van der Waals surface area contributed by atoms with Crippen LogP contribution in [-0.2, 0) is 19.9 Å². The Kier molecular flexibility index (Phi) is 6.37. The van der Waals surface area contributed by atoms with Crippen LogP contribution in [-0.4, -0.2) is 36.7 Å². The molecule has 0 heterocycles. The minimum Gasteiger partial charge on any atom is -0.497 e. The van der Waals surface area contributed by atoms with Crippen LogP contribution in [0.2, 0.25) is 0 Å². The van der Waals surface area contributed by atoms with Crippen molar-refractivity contribution in [3.63, 3.8) is 0 Å². The number of ketones is 1. The minimum absolute atomic E-state index is 0.0370. The summed E-state index contributed by atoms with van der Waals surface area (Å²) in [7, 11) is 2.89. The van der Waals surface area contributed by atoms with Gasteiger partial charge in [0.05, 0.1) is 14.2 Å². The van der Waals surface area contributed by atoms with Gasteiger partial charge in [0.2, 0.25) is 5.60 Å². The molecule has 134 valence electrons. The number of Topliss-reactive ketones (excluding diaryl/α,β-unsaturated/α-hetero) is 1. The third-order valence-electron chi connectivity index (χ3n) is 3.34. The van der Waals surface area contributed by atoms with Crippen molar-refractivity contribution in [1.29, 1.82) is 0 Å². The number of hydrogen-bond acceptors (Lipinski definition) is 6. The lowest BCUT2D eigenvalue weighted by atomic mass is 9.86. The molecule has 1 aromatic carbocycles. The third kappa shape index (κ3) is 4.47. The molecule has 0 saturated heterocycles. The smallest absolute Gasteiger partial charge is 0.351 e. The second-order valence-corrected chi connectivity index (χ2v) is 6.49. The lowest BCUT2D eigenvalue weighted by Gasteiger charge is -2.30. The van der Waals surface area contributed by atoms with Gasteiger partial charge in [0, 0.05) is 18.1 Å². The number of ether oxygens (including phenoxy) is 3. The SMILES string of the molecule is CCCC(=O)C(O)(C(=O)OC(C)(C)C)c1cc(OC)cc(OC)c1. The maximum atomic E-state index is 12.6. The van der Waals surface area contributed by atoms with Crippen molar-refractivity contribution in [2.45, 2.75) is 51.7 Å². The maximum Gasteiger partial charge on any atom is 0.351 e. The van der Waals surface area contributed by atoms with Crippen LogP contribution < -0.4 is 9.47 Å². The molecule has 1 unspecified atom stereocenters. The first-order chi connectivity index (χ1) is 11.1. The summed E-state index contributed by atoms with van der Waals surface area (Å²) in [4.78, 5) is 25.2. The Labute approximate surface area is 142 Å². The van der Waals surface area contributed by atoms with Crippen molar-refractivity contribution in [1.82, 2.24) is 0 Å². The van der Waals surface area contributed by atoms with Crippen LogP contribution in [0, 0.1) is 0 Å². The number of methoxy groups -OCH3 is 2. The molecule has 0 spiro atoms. The first kappa shape index (κ1) is 20.0. The van der Waals surface area contributed by atoms with E-state index in [-0.39, 0.29) is 12.0 Å². The topological polar surface area (TPSA) is 82.1 Å². The van der Waals surface area contributed by atoms with E-state index in [0.29, 0.717) is 17.9 Å². The summed E-state index contributed by atoms with van der Waals surface area (Å²) in [5.74, 6) is -0.926. The second kappa shape index (κ2) is 7.66. The molecule has 0 fully saturated rings. The van der Waals surface area contributed by atoms with E-state index in [1.54, 1.807) is 33.8 Å². The zero-order chi connectivity index (χ0) is 18.5. The first-order valence-corrected chi connectivity index (χ1v) is 7.81. The predicted molar refractivity (Wildman–Crippen MR) is 89.2 cm³/mol. The van der Waals surface area contributed by atoms with Gasteiger partial charge in [-0.3, -0.25) is 4.79 Å². The quantitative estimate of drug-likeness (QED) is 0.608. The molecule has 0 bridgehead atoms. The van der Waals surface area contributed by atoms with Gasteiger partial charge < -0.3 is 19.3 Å². The second-order valence-electron chi connectivity index (χ2n) is 6.49. The molecule has 0 radical (unpaired) electrons. The summed E-state index contributed by atoms with van der Waals surface area (Å²) in [6.07, 6.45) is 0.528. The van der Waals surface area contributed by atoms with Crippen LogP contribution >= 0.6 is 0 Å². The molecule has 0 aliphatic carbocycles. The average Bonchev–Trinajstić information content (AvgIpc) is 2.51. The van der Waals surface area contributed by atoms with E-state index in [4.69, 9.17) is 14.2 Å². The van der Waals surface area contributed by atoms with Gasteiger partial charge in [-0.2, -0.15) is 0 Å². The summed E-state index contributed by atoms with van der Waals surface area (Å²) in [6.45, 7) is 6.80. The number of carbonyl (C=O) groups excluding carboxylic acids is 2. The molecule has 0 saturated carbocycles. The van der Waals surface area contributed by atoms with Crippen LogP contribution in [0.25, 0.3) is 0 Å². The van der Waals surface area contributed by atoms with Crippen molar-refractivity contribution < 1.29 is 28.9 Å². The first-order valence-electron chi connectivity index (χ1n) is 7.81. The Bertz CT molecular complexity index is 580. The van der Waals surface area contributed by atoms with Crippen molar-refractivity contribution in [3.8, 4) is 11.5 Å². The molecule has 0 aliphatic heterocycles. The van der Waals surface area contributed by atoms with Crippen LogP contribution in [0.3, 0.4) is 0 Å². The van der Waals surface area contributed by atoms with E-state index in [1.165, 1.54) is 26.4 Å². The molecule has 1 N–H and O–H groups in total. The highest BCUT2D eigenvalue weighted by molar-refractivity contribution is 6.07. The monoisotopic (exact) mass is 338 g/mol. The van der Waals surface area contributed by atoms with Gasteiger partial charge in [-0.1, -0.05) is 6.92 Å². The molecule has 1 rings (SSSR count). The standard InChI is InChI=1S/C18H26O6/c1-7-8-15(19)18(21,16(20)24-17(2,3)4)12-9-13(22-5)11-14(10-12)23-6/h9-11,21H,7-8H2,1-6H3. The minimum atomic E-state index is -2.41. The predicted octanol–water partition coefficient (Wildman–Crippen LogP) is 2.60. The van der Waals surface area contributed by atoms with Crippen molar-refractivity contribution >= 4 is 11.8 Å². The summed E-state index contributed by atoms with van der Waals surface area (Å²) < 4.78 is 15.6. The molecule has 6 nitrogen and oxygen atoms in total. The van der Waals surface area contributed by atoms with Crippen LogP contribution in [0.15, 0.2) is 18.2 Å². The van der Waals surface area contributed by atoms with Gasteiger partial charge in [-0.15, -0.1) is 0 Å². The molecule has 6 heteroatoms. The van der Waals surface area contributed by atoms with Gasteiger partial charge in [-0.25, -0.2) is 4.79 Å².